The van der Waals surface area contributed by atoms with Crippen LogP contribution in [0.5, 0.6) is 0 Å². The first-order valence-corrected chi connectivity index (χ1v) is 8.57. The predicted octanol–water partition coefficient (Wildman–Crippen LogP) is 1.30. The number of hydrogen-bond acceptors (Lipinski definition) is 9. The minimum absolute atomic E-state index is 0.0956. The summed E-state index contributed by atoms with van der Waals surface area (Å²) in [5, 5.41) is 0. The van der Waals surface area contributed by atoms with Crippen LogP contribution in [0.4, 0.5) is 0 Å². The molecule has 0 aliphatic rings. The van der Waals surface area contributed by atoms with E-state index in [1.807, 2.05) is 0 Å². The molecule has 0 rings (SSSR count). The summed E-state index contributed by atoms with van der Waals surface area (Å²) in [5.41, 5.74) is -1.19. The van der Waals surface area contributed by atoms with Gasteiger partial charge in [-0.15, -0.1) is 0 Å². The van der Waals surface area contributed by atoms with Crippen LogP contribution in [0.2, 0.25) is 0 Å². The van der Waals surface area contributed by atoms with Gasteiger partial charge in [0.15, 0.2) is 0 Å². The molecule has 0 fully saturated rings. The molecule has 0 spiro atoms. The van der Waals surface area contributed by atoms with Crippen molar-refractivity contribution in [1.29, 1.82) is 0 Å². The Morgan fingerprint density at radius 2 is 0.966 bits per heavy atom. The maximum atomic E-state index is 11.5. The minimum Gasteiger partial charge on any atom is -0.462 e. The highest BCUT2D eigenvalue weighted by molar-refractivity contribution is 5.82. The van der Waals surface area contributed by atoms with Crippen LogP contribution in [-0.2, 0) is 42.9 Å². The Labute approximate surface area is 169 Å². The van der Waals surface area contributed by atoms with Gasteiger partial charge in [-0.3, -0.25) is 0 Å². The Kier molecular flexibility index (Phi) is 13.2. The molecule has 0 unspecified atom stereocenters. The fraction of sp³-hybridized carbons (Fsp3) is 0.400. The third-order valence-electron chi connectivity index (χ3n) is 3.31. The summed E-state index contributed by atoms with van der Waals surface area (Å²) in [6, 6.07) is 0. The molecule has 0 atom stereocenters. The lowest BCUT2D eigenvalue weighted by atomic mass is 9.92. The Morgan fingerprint density at radius 3 is 1.34 bits per heavy atom. The van der Waals surface area contributed by atoms with Gasteiger partial charge in [0, 0.05) is 37.3 Å². The molecular weight excluding hydrogens is 384 g/mol. The fourth-order valence-electron chi connectivity index (χ4n) is 1.78. The molecule has 0 aromatic heterocycles. The zero-order valence-corrected chi connectivity index (χ0v) is 16.3. The number of ether oxygens (including phenoxy) is 5. The molecule has 0 heterocycles. The SMILES string of the molecule is C=CC(=O)OCCCOCC(COC(=O)C=C)(COC(=O)C=C)COC(=O)C=C. The summed E-state index contributed by atoms with van der Waals surface area (Å²) < 4.78 is 25.6. The predicted molar refractivity (Wildman–Crippen MR) is 102 cm³/mol. The third-order valence-corrected chi connectivity index (χ3v) is 3.31. The van der Waals surface area contributed by atoms with Crippen LogP contribution in [0, 0.1) is 5.41 Å². The first-order chi connectivity index (χ1) is 13.8. The van der Waals surface area contributed by atoms with Gasteiger partial charge in [-0.25, -0.2) is 19.2 Å². The second-order valence-electron chi connectivity index (χ2n) is 5.71. The normalized spacial score (nSPS) is 10.2. The van der Waals surface area contributed by atoms with Crippen LogP contribution in [-0.4, -0.2) is 63.5 Å². The van der Waals surface area contributed by atoms with Crippen molar-refractivity contribution in [3.05, 3.63) is 50.6 Å². The maximum Gasteiger partial charge on any atom is 0.330 e. The van der Waals surface area contributed by atoms with Crippen molar-refractivity contribution in [3.8, 4) is 0 Å². The highest BCUT2D eigenvalue weighted by Crippen LogP contribution is 2.21. The second kappa shape index (κ2) is 14.8. The van der Waals surface area contributed by atoms with Crippen LogP contribution < -0.4 is 0 Å². The Hall–Kier alpha value is -3.20. The van der Waals surface area contributed by atoms with Crippen molar-refractivity contribution >= 4 is 23.9 Å². The molecule has 0 aliphatic carbocycles. The Morgan fingerprint density at radius 1 is 0.586 bits per heavy atom. The summed E-state index contributed by atoms with van der Waals surface area (Å²) in [7, 11) is 0. The molecule has 160 valence electrons. The van der Waals surface area contributed by atoms with E-state index in [1.54, 1.807) is 0 Å². The van der Waals surface area contributed by atoms with Crippen LogP contribution in [0.1, 0.15) is 6.42 Å². The van der Waals surface area contributed by atoms with Gasteiger partial charge in [-0.05, 0) is 0 Å². The molecule has 0 aromatic carbocycles. The number of carbonyl (C=O) groups excluding carboxylic acids is 4. The summed E-state index contributed by atoms with van der Waals surface area (Å²) in [6.07, 6.45) is 4.31. The van der Waals surface area contributed by atoms with Gasteiger partial charge >= 0.3 is 23.9 Å². The third kappa shape index (κ3) is 12.0. The molecule has 0 saturated carbocycles. The van der Waals surface area contributed by atoms with Crippen molar-refractivity contribution in [2.45, 2.75) is 6.42 Å². The Bertz CT molecular complexity index is 562. The van der Waals surface area contributed by atoms with Gasteiger partial charge in [0.25, 0.3) is 0 Å². The highest BCUT2D eigenvalue weighted by Gasteiger charge is 2.36. The maximum absolute atomic E-state index is 11.5. The van der Waals surface area contributed by atoms with Crippen molar-refractivity contribution in [3.63, 3.8) is 0 Å². The number of carbonyl (C=O) groups is 4. The molecule has 9 nitrogen and oxygen atoms in total. The lowest BCUT2D eigenvalue weighted by molar-refractivity contribution is -0.161. The lowest BCUT2D eigenvalue weighted by Gasteiger charge is -2.31. The van der Waals surface area contributed by atoms with Crippen LogP contribution >= 0.6 is 0 Å². The highest BCUT2D eigenvalue weighted by atomic mass is 16.6. The fourth-order valence-corrected chi connectivity index (χ4v) is 1.78. The summed E-state index contributed by atoms with van der Waals surface area (Å²) in [4.78, 5) is 45.4. The summed E-state index contributed by atoms with van der Waals surface area (Å²) in [6.45, 7) is 12.5. The van der Waals surface area contributed by atoms with E-state index in [0.717, 1.165) is 24.3 Å². The first kappa shape index (κ1) is 25.8. The summed E-state index contributed by atoms with van der Waals surface area (Å²) >= 11 is 0. The molecule has 0 amide bonds. The number of rotatable bonds is 16. The number of esters is 4. The molecule has 9 heteroatoms. The smallest absolute Gasteiger partial charge is 0.330 e. The van der Waals surface area contributed by atoms with Crippen LogP contribution in [0.15, 0.2) is 50.6 Å². The van der Waals surface area contributed by atoms with E-state index in [0.29, 0.717) is 6.42 Å². The quantitative estimate of drug-likeness (QED) is 0.161. The molecular formula is C20H26O9. The van der Waals surface area contributed by atoms with Gasteiger partial charge in [-0.2, -0.15) is 0 Å². The monoisotopic (exact) mass is 410 g/mol. The second-order valence-corrected chi connectivity index (χ2v) is 5.71. The zero-order valence-electron chi connectivity index (χ0n) is 16.3. The molecule has 29 heavy (non-hydrogen) atoms. The number of hydrogen-bond donors (Lipinski definition) is 0. The average molecular weight is 410 g/mol. The van der Waals surface area contributed by atoms with Gasteiger partial charge in [0.2, 0.25) is 0 Å². The standard InChI is InChI=1S/C20H26O9/c1-5-16(21)26-11-9-10-25-12-20(13-27-17(22)6-2,14-28-18(23)7-3)15-29-19(24)8-4/h5-8H,1-4,9-15H2. The zero-order chi connectivity index (χ0) is 22.1. The lowest BCUT2D eigenvalue weighted by Crippen LogP contribution is -2.43. The van der Waals surface area contributed by atoms with E-state index < -0.39 is 29.3 Å². The summed E-state index contributed by atoms with van der Waals surface area (Å²) in [5.74, 6) is -2.69. The van der Waals surface area contributed by atoms with Crippen LogP contribution in [0.25, 0.3) is 0 Å². The van der Waals surface area contributed by atoms with E-state index in [4.69, 9.17) is 23.7 Å². The van der Waals surface area contributed by atoms with Crippen molar-refractivity contribution in [1.82, 2.24) is 0 Å². The molecule has 0 bridgehead atoms. The van der Waals surface area contributed by atoms with Crippen LogP contribution in [0.3, 0.4) is 0 Å². The van der Waals surface area contributed by atoms with Crippen molar-refractivity contribution < 1.29 is 42.9 Å². The van der Waals surface area contributed by atoms with E-state index in [-0.39, 0.29) is 39.6 Å². The first-order valence-electron chi connectivity index (χ1n) is 8.57. The average Bonchev–Trinajstić information content (AvgIpc) is 2.75. The van der Waals surface area contributed by atoms with E-state index in [2.05, 4.69) is 26.3 Å². The van der Waals surface area contributed by atoms with E-state index in [9.17, 15) is 19.2 Å². The molecule has 0 radical (unpaired) electrons. The Balaban J connectivity index is 5.06. The van der Waals surface area contributed by atoms with Gasteiger partial charge in [-0.1, -0.05) is 26.3 Å². The van der Waals surface area contributed by atoms with Crippen molar-refractivity contribution in [2.75, 3.05) is 39.6 Å². The van der Waals surface area contributed by atoms with E-state index >= 15 is 0 Å². The van der Waals surface area contributed by atoms with Crippen molar-refractivity contribution in [2.24, 2.45) is 5.41 Å². The van der Waals surface area contributed by atoms with Gasteiger partial charge < -0.3 is 23.7 Å². The minimum atomic E-state index is -1.19. The topological polar surface area (TPSA) is 114 Å². The molecule has 0 aromatic rings. The largest absolute Gasteiger partial charge is 0.462 e. The molecule has 0 saturated heterocycles. The van der Waals surface area contributed by atoms with Gasteiger partial charge in [0.1, 0.15) is 19.8 Å². The van der Waals surface area contributed by atoms with Gasteiger partial charge in [0.05, 0.1) is 18.6 Å². The molecule has 0 N–H and O–H groups in total. The molecule has 0 aliphatic heterocycles. The van der Waals surface area contributed by atoms with E-state index in [1.165, 1.54) is 0 Å².